The van der Waals surface area contributed by atoms with E-state index in [9.17, 15) is 0 Å². The molecule has 0 unspecified atom stereocenters. The first-order chi connectivity index (χ1) is 9.30. The summed E-state index contributed by atoms with van der Waals surface area (Å²) in [6, 6.07) is 0. The number of hydrogen-bond donors (Lipinski definition) is 2. The molecule has 112 valence electrons. The van der Waals surface area contributed by atoms with Crippen molar-refractivity contribution in [2.75, 3.05) is 59.4 Å². The van der Waals surface area contributed by atoms with Crippen molar-refractivity contribution in [1.29, 1.82) is 0 Å². The first-order valence-corrected chi connectivity index (χ1v) is 7.69. The molecule has 5 heteroatoms. The zero-order chi connectivity index (χ0) is 13.9. The van der Waals surface area contributed by atoms with Gasteiger partial charge in [-0.05, 0) is 13.0 Å². The molecule has 0 bridgehead atoms. The zero-order valence-electron chi connectivity index (χ0n) is 12.9. The number of aliphatic imine (C=N–C) groups is 1. The molecule has 1 heterocycles. The van der Waals surface area contributed by atoms with Crippen molar-refractivity contribution in [3.8, 4) is 0 Å². The van der Waals surface area contributed by atoms with Crippen LogP contribution in [0.4, 0.5) is 0 Å². The molecule has 19 heavy (non-hydrogen) atoms. The van der Waals surface area contributed by atoms with Gasteiger partial charge in [0.25, 0.3) is 0 Å². The van der Waals surface area contributed by atoms with Crippen LogP contribution >= 0.6 is 0 Å². The van der Waals surface area contributed by atoms with Gasteiger partial charge in [0.05, 0.1) is 0 Å². The molecule has 1 fully saturated rings. The van der Waals surface area contributed by atoms with Crippen LogP contribution in [-0.4, -0.2) is 75.2 Å². The number of hydrogen-bond acceptors (Lipinski definition) is 3. The highest BCUT2D eigenvalue weighted by Crippen LogP contribution is 1.99. The summed E-state index contributed by atoms with van der Waals surface area (Å²) in [5.74, 6) is 0.931. The number of guanidine groups is 1. The summed E-state index contributed by atoms with van der Waals surface area (Å²) < 4.78 is 0. The van der Waals surface area contributed by atoms with Crippen molar-refractivity contribution in [2.45, 2.75) is 26.7 Å². The third-order valence-electron chi connectivity index (χ3n) is 3.68. The van der Waals surface area contributed by atoms with Crippen LogP contribution in [0.2, 0.25) is 0 Å². The van der Waals surface area contributed by atoms with E-state index in [2.05, 4.69) is 39.3 Å². The molecule has 0 spiro atoms. The van der Waals surface area contributed by atoms with Gasteiger partial charge < -0.3 is 15.5 Å². The van der Waals surface area contributed by atoms with E-state index in [-0.39, 0.29) is 0 Å². The Morgan fingerprint density at radius 2 is 1.63 bits per heavy atom. The van der Waals surface area contributed by atoms with Gasteiger partial charge in [0.1, 0.15) is 0 Å². The topological polar surface area (TPSA) is 42.9 Å². The maximum absolute atomic E-state index is 4.24. The molecule has 0 atom stereocenters. The second kappa shape index (κ2) is 10.0. The van der Waals surface area contributed by atoms with Crippen LogP contribution in [0.15, 0.2) is 4.99 Å². The van der Waals surface area contributed by atoms with Crippen LogP contribution in [0.25, 0.3) is 0 Å². The Morgan fingerprint density at radius 1 is 1.00 bits per heavy atom. The van der Waals surface area contributed by atoms with E-state index in [1.807, 2.05) is 7.05 Å². The Balaban J connectivity index is 2.09. The average molecular weight is 269 g/mol. The number of piperazine rings is 1. The predicted octanol–water partition coefficient (Wildman–Crippen LogP) is 0.589. The minimum Gasteiger partial charge on any atom is -0.356 e. The minimum absolute atomic E-state index is 0.931. The minimum atomic E-state index is 0.931. The van der Waals surface area contributed by atoms with Gasteiger partial charge in [-0.3, -0.25) is 9.89 Å². The molecule has 0 aliphatic carbocycles. The summed E-state index contributed by atoms with van der Waals surface area (Å²) in [4.78, 5) is 9.27. The maximum atomic E-state index is 4.24. The predicted molar refractivity (Wildman–Crippen MR) is 82.8 cm³/mol. The molecule has 5 nitrogen and oxygen atoms in total. The SMILES string of the molecule is CCCCNC(=NC)NCCN1CCN(CC)CC1. The summed E-state index contributed by atoms with van der Waals surface area (Å²) in [5.41, 5.74) is 0. The highest BCUT2D eigenvalue weighted by Gasteiger charge is 2.14. The van der Waals surface area contributed by atoms with Crippen molar-refractivity contribution < 1.29 is 0 Å². The third kappa shape index (κ3) is 6.78. The lowest BCUT2D eigenvalue weighted by atomic mass is 10.3. The lowest BCUT2D eigenvalue weighted by molar-refractivity contribution is 0.139. The van der Waals surface area contributed by atoms with Gasteiger partial charge >= 0.3 is 0 Å². The van der Waals surface area contributed by atoms with Crippen molar-refractivity contribution in [2.24, 2.45) is 4.99 Å². The summed E-state index contributed by atoms with van der Waals surface area (Å²) in [5, 5.41) is 6.72. The van der Waals surface area contributed by atoms with Crippen LogP contribution in [0.1, 0.15) is 26.7 Å². The summed E-state index contributed by atoms with van der Waals surface area (Å²) in [6.45, 7) is 13.5. The fourth-order valence-electron chi connectivity index (χ4n) is 2.27. The van der Waals surface area contributed by atoms with Crippen LogP contribution in [0.3, 0.4) is 0 Å². The molecule has 1 aliphatic heterocycles. The molecule has 0 radical (unpaired) electrons. The zero-order valence-corrected chi connectivity index (χ0v) is 12.9. The maximum Gasteiger partial charge on any atom is 0.191 e. The van der Waals surface area contributed by atoms with Gasteiger partial charge in [0.2, 0.25) is 0 Å². The van der Waals surface area contributed by atoms with Gasteiger partial charge in [-0.2, -0.15) is 0 Å². The van der Waals surface area contributed by atoms with E-state index in [0.29, 0.717) is 0 Å². The second-order valence-electron chi connectivity index (χ2n) is 5.06. The average Bonchev–Trinajstić information content (AvgIpc) is 2.46. The summed E-state index contributed by atoms with van der Waals surface area (Å²) in [6.07, 6.45) is 2.41. The summed E-state index contributed by atoms with van der Waals surface area (Å²) in [7, 11) is 1.83. The molecule has 0 aromatic carbocycles. The fraction of sp³-hybridized carbons (Fsp3) is 0.929. The van der Waals surface area contributed by atoms with Crippen LogP contribution in [0, 0.1) is 0 Å². The fourth-order valence-corrected chi connectivity index (χ4v) is 2.27. The van der Waals surface area contributed by atoms with Crippen LogP contribution in [0.5, 0.6) is 0 Å². The number of rotatable bonds is 7. The van der Waals surface area contributed by atoms with E-state index in [4.69, 9.17) is 0 Å². The Hall–Kier alpha value is -0.810. The highest BCUT2D eigenvalue weighted by atomic mass is 15.3. The van der Waals surface area contributed by atoms with Gasteiger partial charge in [0, 0.05) is 52.9 Å². The van der Waals surface area contributed by atoms with Crippen molar-refractivity contribution in [3.05, 3.63) is 0 Å². The smallest absolute Gasteiger partial charge is 0.191 e. The Labute approximate surface area is 118 Å². The van der Waals surface area contributed by atoms with Gasteiger partial charge in [-0.25, -0.2) is 0 Å². The molecule has 0 saturated carbocycles. The summed E-state index contributed by atoms with van der Waals surface area (Å²) >= 11 is 0. The van der Waals surface area contributed by atoms with Crippen molar-refractivity contribution in [3.63, 3.8) is 0 Å². The van der Waals surface area contributed by atoms with Gasteiger partial charge in [0.15, 0.2) is 5.96 Å². The monoisotopic (exact) mass is 269 g/mol. The quantitative estimate of drug-likeness (QED) is 0.403. The Bertz CT molecular complexity index is 246. The Kier molecular flexibility index (Phi) is 8.58. The number of nitrogens with one attached hydrogen (secondary N) is 2. The highest BCUT2D eigenvalue weighted by molar-refractivity contribution is 5.79. The third-order valence-corrected chi connectivity index (χ3v) is 3.68. The molecule has 1 rings (SSSR count). The Morgan fingerprint density at radius 3 is 2.21 bits per heavy atom. The van der Waals surface area contributed by atoms with E-state index < -0.39 is 0 Å². The molecule has 0 aromatic rings. The second-order valence-corrected chi connectivity index (χ2v) is 5.06. The molecule has 0 amide bonds. The standard InChI is InChI=1S/C14H31N5/c1-4-6-7-16-14(15-3)17-8-9-19-12-10-18(5-2)11-13-19/h4-13H2,1-3H3,(H2,15,16,17). The van der Waals surface area contributed by atoms with Crippen molar-refractivity contribution in [1.82, 2.24) is 20.4 Å². The number of nitrogens with zero attached hydrogens (tertiary/aromatic N) is 3. The van der Waals surface area contributed by atoms with Crippen LogP contribution < -0.4 is 10.6 Å². The molecule has 1 aliphatic rings. The lowest BCUT2D eigenvalue weighted by Crippen LogP contribution is -2.49. The van der Waals surface area contributed by atoms with Crippen molar-refractivity contribution >= 4 is 5.96 Å². The van der Waals surface area contributed by atoms with Crippen LogP contribution in [-0.2, 0) is 0 Å². The normalized spacial score (nSPS) is 18.6. The largest absolute Gasteiger partial charge is 0.356 e. The van der Waals surface area contributed by atoms with Gasteiger partial charge in [-0.1, -0.05) is 20.3 Å². The van der Waals surface area contributed by atoms with E-state index in [1.54, 1.807) is 0 Å². The van der Waals surface area contributed by atoms with E-state index >= 15 is 0 Å². The number of unbranched alkanes of at least 4 members (excludes halogenated alkanes) is 1. The number of likely N-dealkylation sites (N-methyl/N-ethyl adjacent to an activating group) is 1. The molecule has 1 saturated heterocycles. The lowest BCUT2D eigenvalue weighted by Gasteiger charge is -2.34. The first-order valence-electron chi connectivity index (χ1n) is 7.69. The molecule has 2 N–H and O–H groups in total. The molecule has 0 aromatic heterocycles. The first kappa shape index (κ1) is 16.2. The van der Waals surface area contributed by atoms with Gasteiger partial charge in [-0.15, -0.1) is 0 Å². The molecular weight excluding hydrogens is 238 g/mol. The molecular formula is C14H31N5. The van der Waals surface area contributed by atoms with E-state index in [0.717, 1.165) is 25.6 Å². The van der Waals surface area contributed by atoms with E-state index in [1.165, 1.54) is 45.6 Å².